The molecule has 4 heteroatoms. The number of hydrogen-bond acceptors (Lipinski definition) is 3. The van der Waals surface area contributed by atoms with Gasteiger partial charge in [0.2, 0.25) is 5.91 Å². The predicted octanol–water partition coefficient (Wildman–Crippen LogP) is 3.95. The van der Waals surface area contributed by atoms with Gasteiger partial charge in [-0.3, -0.25) is 4.79 Å². The van der Waals surface area contributed by atoms with Gasteiger partial charge in [-0.1, -0.05) is 44.2 Å². The number of hydrogen-bond donors (Lipinski definition) is 1. The molecule has 1 N–H and O–H groups in total. The average molecular weight is 317 g/mol. The number of amides is 1. The molecule has 4 nitrogen and oxygen atoms in total. The molecule has 0 heterocycles. The van der Waals surface area contributed by atoms with Crippen LogP contribution in [0.5, 0.6) is 11.5 Å². The molecule has 2 rings (SSSR count). The van der Waals surface area contributed by atoms with Crippen molar-refractivity contribution in [2.45, 2.75) is 51.0 Å². The number of carbonyl (C=O) groups excluding carboxylic acids is 1. The van der Waals surface area contributed by atoms with Gasteiger partial charge in [-0.2, -0.15) is 0 Å². The van der Waals surface area contributed by atoms with Crippen molar-refractivity contribution >= 4 is 12.0 Å². The summed E-state index contributed by atoms with van der Waals surface area (Å²) in [6.07, 6.45) is 11.8. The first kappa shape index (κ1) is 17.4. The van der Waals surface area contributed by atoms with Gasteiger partial charge < -0.3 is 14.8 Å². The van der Waals surface area contributed by atoms with Gasteiger partial charge in [-0.25, -0.2) is 0 Å². The van der Waals surface area contributed by atoms with Crippen molar-refractivity contribution in [2.24, 2.45) is 0 Å². The summed E-state index contributed by atoms with van der Waals surface area (Å²) in [6.45, 7) is 0. The number of ether oxygens (including phenoxy) is 2. The van der Waals surface area contributed by atoms with Crippen LogP contribution >= 0.6 is 0 Å². The van der Waals surface area contributed by atoms with E-state index in [1.165, 1.54) is 32.1 Å². The third kappa shape index (κ3) is 5.31. The van der Waals surface area contributed by atoms with Crippen molar-refractivity contribution in [2.75, 3.05) is 14.2 Å². The summed E-state index contributed by atoms with van der Waals surface area (Å²) in [5.41, 5.74) is 0.833. The van der Waals surface area contributed by atoms with Crippen LogP contribution in [0.1, 0.15) is 50.5 Å². The highest BCUT2D eigenvalue weighted by molar-refractivity contribution is 5.92. The Balaban J connectivity index is 1.97. The fourth-order valence-electron chi connectivity index (χ4n) is 3.06. The Kier molecular flexibility index (Phi) is 6.98. The predicted molar refractivity (Wildman–Crippen MR) is 92.8 cm³/mol. The van der Waals surface area contributed by atoms with E-state index >= 15 is 0 Å². The summed E-state index contributed by atoms with van der Waals surface area (Å²) in [5, 5.41) is 3.13. The summed E-state index contributed by atoms with van der Waals surface area (Å²) in [4.78, 5) is 12.2. The SMILES string of the molecule is COc1cccc(/C=C/C(=O)NC2CCCCCCC2)c1OC. The second-order valence-corrected chi connectivity index (χ2v) is 5.97. The van der Waals surface area contributed by atoms with Crippen molar-refractivity contribution in [3.8, 4) is 11.5 Å². The van der Waals surface area contributed by atoms with Gasteiger partial charge in [0.05, 0.1) is 14.2 Å². The van der Waals surface area contributed by atoms with Gasteiger partial charge in [-0.15, -0.1) is 0 Å². The van der Waals surface area contributed by atoms with Crippen LogP contribution < -0.4 is 14.8 Å². The molecule has 0 bridgehead atoms. The summed E-state index contributed by atoms with van der Waals surface area (Å²) in [6, 6.07) is 5.93. The van der Waals surface area contributed by atoms with E-state index in [-0.39, 0.29) is 5.91 Å². The zero-order valence-corrected chi connectivity index (χ0v) is 14.1. The number of para-hydroxylation sites is 1. The summed E-state index contributed by atoms with van der Waals surface area (Å²) in [5.74, 6) is 1.26. The average Bonchev–Trinajstić information content (AvgIpc) is 2.54. The van der Waals surface area contributed by atoms with Crippen molar-refractivity contribution in [1.29, 1.82) is 0 Å². The van der Waals surface area contributed by atoms with E-state index < -0.39 is 0 Å². The molecule has 1 fully saturated rings. The molecule has 0 aromatic heterocycles. The van der Waals surface area contributed by atoms with Crippen LogP contribution in [-0.4, -0.2) is 26.2 Å². The van der Waals surface area contributed by atoms with Crippen LogP contribution in [0.3, 0.4) is 0 Å². The molecule has 126 valence electrons. The van der Waals surface area contributed by atoms with E-state index in [1.54, 1.807) is 26.4 Å². The highest BCUT2D eigenvalue weighted by Gasteiger charge is 2.13. The maximum atomic E-state index is 12.2. The van der Waals surface area contributed by atoms with E-state index in [9.17, 15) is 4.79 Å². The third-order valence-corrected chi connectivity index (χ3v) is 4.30. The van der Waals surface area contributed by atoms with E-state index in [4.69, 9.17) is 9.47 Å². The molecule has 1 aromatic rings. The first-order valence-corrected chi connectivity index (χ1v) is 8.44. The molecule has 0 spiro atoms. The topological polar surface area (TPSA) is 47.6 Å². The smallest absolute Gasteiger partial charge is 0.244 e. The Morgan fingerprint density at radius 2 is 1.78 bits per heavy atom. The molecule has 23 heavy (non-hydrogen) atoms. The molecule has 0 radical (unpaired) electrons. The van der Waals surface area contributed by atoms with Crippen LogP contribution in [0, 0.1) is 0 Å². The molecule has 1 aliphatic carbocycles. The van der Waals surface area contributed by atoms with Crippen molar-refractivity contribution in [3.63, 3.8) is 0 Å². The van der Waals surface area contributed by atoms with Gasteiger partial charge in [0.1, 0.15) is 0 Å². The third-order valence-electron chi connectivity index (χ3n) is 4.30. The molecule has 0 unspecified atom stereocenters. The van der Waals surface area contributed by atoms with Crippen LogP contribution in [0.2, 0.25) is 0 Å². The Hall–Kier alpha value is -1.97. The lowest BCUT2D eigenvalue weighted by Gasteiger charge is -2.20. The van der Waals surface area contributed by atoms with Crippen molar-refractivity contribution in [3.05, 3.63) is 29.8 Å². The maximum absolute atomic E-state index is 12.2. The zero-order valence-electron chi connectivity index (χ0n) is 14.1. The van der Waals surface area contributed by atoms with Crippen LogP contribution in [0.15, 0.2) is 24.3 Å². The van der Waals surface area contributed by atoms with Crippen LogP contribution in [-0.2, 0) is 4.79 Å². The van der Waals surface area contributed by atoms with E-state index in [1.807, 2.05) is 18.2 Å². The number of nitrogens with one attached hydrogen (secondary N) is 1. The minimum absolute atomic E-state index is 0.0413. The monoisotopic (exact) mass is 317 g/mol. The van der Waals surface area contributed by atoms with E-state index in [0.29, 0.717) is 17.5 Å². The molecule has 0 saturated heterocycles. The number of carbonyl (C=O) groups is 1. The first-order chi connectivity index (χ1) is 11.2. The maximum Gasteiger partial charge on any atom is 0.244 e. The van der Waals surface area contributed by atoms with Crippen LogP contribution in [0.25, 0.3) is 6.08 Å². The molecular weight excluding hydrogens is 290 g/mol. The van der Waals surface area contributed by atoms with Gasteiger partial charge in [0.25, 0.3) is 0 Å². The second-order valence-electron chi connectivity index (χ2n) is 5.97. The molecule has 1 saturated carbocycles. The molecule has 1 aromatic carbocycles. The highest BCUT2D eigenvalue weighted by Crippen LogP contribution is 2.31. The Labute approximate surface area is 138 Å². The fourth-order valence-corrected chi connectivity index (χ4v) is 3.06. The van der Waals surface area contributed by atoms with Crippen LogP contribution in [0.4, 0.5) is 0 Å². The van der Waals surface area contributed by atoms with Crippen molar-refractivity contribution < 1.29 is 14.3 Å². The van der Waals surface area contributed by atoms with Crippen molar-refractivity contribution in [1.82, 2.24) is 5.32 Å². The first-order valence-electron chi connectivity index (χ1n) is 8.44. The largest absolute Gasteiger partial charge is 0.493 e. The van der Waals surface area contributed by atoms with Gasteiger partial charge in [0, 0.05) is 17.7 Å². The molecule has 0 atom stereocenters. The number of rotatable bonds is 5. The number of methoxy groups -OCH3 is 2. The lowest BCUT2D eigenvalue weighted by atomic mass is 9.97. The molecule has 0 aliphatic heterocycles. The van der Waals surface area contributed by atoms with E-state index in [0.717, 1.165) is 18.4 Å². The fraction of sp³-hybridized carbons (Fsp3) is 0.526. The lowest BCUT2D eigenvalue weighted by molar-refractivity contribution is -0.117. The summed E-state index contributed by atoms with van der Waals surface area (Å²) < 4.78 is 10.6. The van der Waals surface area contributed by atoms with Gasteiger partial charge in [0.15, 0.2) is 11.5 Å². The summed E-state index contributed by atoms with van der Waals surface area (Å²) in [7, 11) is 3.20. The highest BCUT2D eigenvalue weighted by atomic mass is 16.5. The minimum atomic E-state index is -0.0413. The quantitative estimate of drug-likeness (QED) is 0.837. The Bertz CT molecular complexity index is 531. The van der Waals surface area contributed by atoms with Gasteiger partial charge in [-0.05, 0) is 25.0 Å². The molecular formula is C19H27NO3. The molecule has 1 amide bonds. The standard InChI is InChI=1S/C19H27NO3/c1-22-17-12-8-9-15(19(17)23-2)13-14-18(21)20-16-10-6-4-3-5-7-11-16/h8-9,12-14,16H,3-7,10-11H2,1-2H3,(H,20,21)/b14-13+. The Morgan fingerprint density at radius 3 is 2.43 bits per heavy atom. The zero-order chi connectivity index (χ0) is 16.5. The normalized spacial score (nSPS) is 16.6. The van der Waals surface area contributed by atoms with E-state index in [2.05, 4.69) is 5.32 Å². The van der Waals surface area contributed by atoms with Gasteiger partial charge >= 0.3 is 0 Å². The number of benzene rings is 1. The second kappa shape index (κ2) is 9.23. The minimum Gasteiger partial charge on any atom is -0.493 e. The lowest BCUT2D eigenvalue weighted by Crippen LogP contribution is -2.34. The molecule has 1 aliphatic rings. The summed E-state index contributed by atoms with van der Waals surface area (Å²) >= 11 is 0. The Morgan fingerprint density at radius 1 is 1.09 bits per heavy atom.